The van der Waals surface area contributed by atoms with Gasteiger partial charge in [0.15, 0.2) is 0 Å². The van der Waals surface area contributed by atoms with Gasteiger partial charge < -0.3 is 10.5 Å². The van der Waals surface area contributed by atoms with Gasteiger partial charge in [-0.3, -0.25) is 0 Å². The van der Waals surface area contributed by atoms with Crippen molar-refractivity contribution < 1.29 is 4.74 Å². The van der Waals surface area contributed by atoms with Crippen LogP contribution in [0, 0.1) is 0 Å². The summed E-state index contributed by atoms with van der Waals surface area (Å²) in [6.07, 6.45) is 4.90. The van der Waals surface area contributed by atoms with Crippen molar-refractivity contribution in [2.75, 3.05) is 0 Å². The summed E-state index contributed by atoms with van der Waals surface area (Å²) in [5.41, 5.74) is 7.37. The lowest BCUT2D eigenvalue weighted by Gasteiger charge is -2.18. The van der Waals surface area contributed by atoms with Crippen LogP contribution in [0.2, 0.25) is 0 Å². The van der Waals surface area contributed by atoms with Gasteiger partial charge in [0.1, 0.15) is 5.75 Å². The van der Waals surface area contributed by atoms with Crippen molar-refractivity contribution in [2.45, 2.75) is 58.6 Å². The molecule has 0 radical (unpaired) electrons. The third-order valence-corrected chi connectivity index (χ3v) is 2.80. The van der Waals surface area contributed by atoms with Gasteiger partial charge in [-0.1, -0.05) is 44.4 Å². The zero-order valence-corrected chi connectivity index (χ0v) is 11.3. The molecule has 0 amide bonds. The van der Waals surface area contributed by atoms with E-state index >= 15 is 0 Å². The fraction of sp³-hybridized carbons (Fsp3) is 0.600. The van der Waals surface area contributed by atoms with Crippen LogP contribution in [0.25, 0.3) is 0 Å². The lowest BCUT2D eigenvalue weighted by atomic mass is 10.0. The molecular weight excluding hydrogens is 210 g/mol. The van der Waals surface area contributed by atoms with E-state index in [0.717, 1.165) is 17.7 Å². The van der Waals surface area contributed by atoms with Crippen molar-refractivity contribution in [1.82, 2.24) is 0 Å². The highest BCUT2D eigenvalue weighted by Crippen LogP contribution is 2.27. The Morgan fingerprint density at radius 3 is 2.53 bits per heavy atom. The molecule has 0 aromatic heterocycles. The molecule has 96 valence electrons. The van der Waals surface area contributed by atoms with E-state index in [1.54, 1.807) is 0 Å². The summed E-state index contributed by atoms with van der Waals surface area (Å²) in [7, 11) is 0. The Balaban J connectivity index is 2.67. The topological polar surface area (TPSA) is 35.2 Å². The predicted octanol–water partition coefficient (Wildman–Crippen LogP) is 4.05. The Labute approximate surface area is 105 Å². The minimum absolute atomic E-state index is 0.0940. The first kappa shape index (κ1) is 14.0. The maximum Gasteiger partial charge on any atom is 0.124 e. The number of unbranched alkanes of at least 4 members (excludes halogenated alkanes) is 2. The number of rotatable bonds is 7. The Morgan fingerprint density at radius 1 is 1.18 bits per heavy atom. The van der Waals surface area contributed by atoms with Crippen molar-refractivity contribution in [3.63, 3.8) is 0 Å². The van der Waals surface area contributed by atoms with Gasteiger partial charge in [-0.25, -0.2) is 0 Å². The molecule has 1 aromatic rings. The molecule has 17 heavy (non-hydrogen) atoms. The molecule has 0 fully saturated rings. The molecule has 1 atom stereocenters. The largest absolute Gasteiger partial charge is 0.491 e. The lowest BCUT2D eigenvalue weighted by Crippen LogP contribution is -2.14. The zero-order valence-electron chi connectivity index (χ0n) is 11.3. The maximum absolute atomic E-state index is 6.23. The quantitative estimate of drug-likeness (QED) is 0.723. The van der Waals surface area contributed by atoms with Crippen LogP contribution in [0.15, 0.2) is 24.3 Å². The molecule has 1 rings (SSSR count). The van der Waals surface area contributed by atoms with Crippen LogP contribution in [0.1, 0.15) is 58.1 Å². The Hall–Kier alpha value is -1.02. The molecule has 0 bridgehead atoms. The smallest absolute Gasteiger partial charge is 0.124 e. The molecule has 0 spiro atoms. The van der Waals surface area contributed by atoms with E-state index in [0.29, 0.717) is 0 Å². The van der Waals surface area contributed by atoms with Gasteiger partial charge in [-0.15, -0.1) is 0 Å². The summed E-state index contributed by atoms with van der Waals surface area (Å²) in [4.78, 5) is 0. The molecule has 1 aromatic carbocycles. The molecule has 2 heteroatoms. The molecule has 0 saturated carbocycles. The maximum atomic E-state index is 6.23. The third kappa shape index (κ3) is 4.78. The van der Waals surface area contributed by atoms with Gasteiger partial charge in [-0.05, 0) is 26.3 Å². The van der Waals surface area contributed by atoms with Crippen LogP contribution in [-0.2, 0) is 0 Å². The Morgan fingerprint density at radius 2 is 1.88 bits per heavy atom. The van der Waals surface area contributed by atoms with Crippen molar-refractivity contribution in [3.05, 3.63) is 29.8 Å². The fourth-order valence-electron chi connectivity index (χ4n) is 1.92. The number of nitrogens with two attached hydrogens (primary N) is 1. The zero-order chi connectivity index (χ0) is 12.7. The molecule has 0 heterocycles. The molecule has 0 saturated heterocycles. The summed E-state index contributed by atoms with van der Waals surface area (Å²) >= 11 is 0. The van der Waals surface area contributed by atoms with Crippen molar-refractivity contribution in [3.8, 4) is 5.75 Å². The monoisotopic (exact) mass is 235 g/mol. The number of para-hydroxylation sites is 1. The Bertz CT molecular complexity index is 322. The van der Waals surface area contributed by atoms with Crippen LogP contribution < -0.4 is 10.5 Å². The van der Waals surface area contributed by atoms with Crippen LogP contribution in [-0.4, -0.2) is 6.10 Å². The molecule has 0 aliphatic rings. The molecular formula is C15H25NO. The first-order chi connectivity index (χ1) is 8.15. The summed E-state index contributed by atoms with van der Waals surface area (Å²) in [6, 6.07) is 8.21. The molecule has 0 aliphatic carbocycles. The van der Waals surface area contributed by atoms with Gasteiger partial charge in [0, 0.05) is 11.6 Å². The van der Waals surface area contributed by atoms with Gasteiger partial charge in [0.05, 0.1) is 6.10 Å². The molecule has 2 nitrogen and oxygen atoms in total. The highest BCUT2D eigenvalue weighted by molar-refractivity contribution is 5.35. The molecule has 0 unspecified atom stereocenters. The van der Waals surface area contributed by atoms with E-state index in [4.69, 9.17) is 10.5 Å². The van der Waals surface area contributed by atoms with E-state index in [2.05, 4.69) is 13.0 Å². The minimum atomic E-state index is 0.0940. The first-order valence-electron chi connectivity index (χ1n) is 6.66. The van der Waals surface area contributed by atoms with Crippen LogP contribution in [0.4, 0.5) is 0 Å². The predicted molar refractivity (Wildman–Crippen MR) is 73.3 cm³/mol. The number of benzene rings is 1. The van der Waals surface area contributed by atoms with Crippen LogP contribution in [0.3, 0.4) is 0 Å². The van der Waals surface area contributed by atoms with E-state index in [1.165, 1.54) is 19.3 Å². The first-order valence-corrected chi connectivity index (χ1v) is 6.66. The van der Waals surface area contributed by atoms with E-state index in [-0.39, 0.29) is 12.1 Å². The Kier molecular flexibility index (Phi) is 6.06. The highest BCUT2D eigenvalue weighted by Gasteiger charge is 2.12. The van der Waals surface area contributed by atoms with Crippen molar-refractivity contribution >= 4 is 0 Å². The van der Waals surface area contributed by atoms with Gasteiger partial charge in [0.25, 0.3) is 0 Å². The average Bonchev–Trinajstić information content (AvgIpc) is 2.29. The van der Waals surface area contributed by atoms with Gasteiger partial charge in [0.2, 0.25) is 0 Å². The second-order valence-corrected chi connectivity index (χ2v) is 4.81. The number of hydrogen-bond donors (Lipinski definition) is 1. The standard InChI is InChI=1S/C15H25NO/c1-4-5-6-10-14(16)13-9-7-8-11-15(13)17-12(2)3/h7-9,11-12,14H,4-6,10,16H2,1-3H3/t14-/m1/s1. The third-order valence-electron chi connectivity index (χ3n) is 2.80. The van der Waals surface area contributed by atoms with Crippen LogP contribution >= 0.6 is 0 Å². The summed E-state index contributed by atoms with van der Waals surface area (Å²) in [5, 5.41) is 0. The molecule has 2 N–H and O–H groups in total. The van der Waals surface area contributed by atoms with E-state index < -0.39 is 0 Å². The normalized spacial score (nSPS) is 12.8. The second-order valence-electron chi connectivity index (χ2n) is 4.81. The number of hydrogen-bond acceptors (Lipinski definition) is 2. The van der Waals surface area contributed by atoms with Gasteiger partial charge >= 0.3 is 0 Å². The van der Waals surface area contributed by atoms with E-state index in [9.17, 15) is 0 Å². The van der Waals surface area contributed by atoms with Crippen LogP contribution in [0.5, 0.6) is 5.75 Å². The summed E-state index contributed by atoms with van der Waals surface area (Å²) in [5.74, 6) is 0.937. The second kappa shape index (κ2) is 7.33. The summed E-state index contributed by atoms with van der Waals surface area (Å²) in [6.45, 7) is 6.29. The average molecular weight is 235 g/mol. The van der Waals surface area contributed by atoms with E-state index in [1.807, 2.05) is 32.0 Å². The van der Waals surface area contributed by atoms with Crippen molar-refractivity contribution in [2.24, 2.45) is 5.73 Å². The van der Waals surface area contributed by atoms with Crippen molar-refractivity contribution in [1.29, 1.82) is 0 Å². The lowest BCUT2D eigenvalue weighted by molar-refractivity contribution is 0.238. The fourth-order valence-corrected chi connectivity index (χ4v) is 1.92. The highest BCUT2D eigenvalue weighted by atomic mass is 16.5. The number of ether oxygens (including phenoxy) is 1. The SMILES string of the molecule is CCCCC[C@@H](N)c1ccccc1OC(C)C. The molecule has 0 aliphatic heterocycles. The minimum Gasteiger partial charge on any atom is -0.491 e. The van der Waals surface area contributed by atoms with Gasteiger partial charge in [-0.2, -0.15) is 0 Å². The summed E-state index contributed by atoms with van der Waals surface area (Å²) < 4.78 is 5.79.